The van der Waals surface area contributed by atoms with Gasteiger partial charge in [-0.05, 0) is 123 Å². The molecule has 4 aliphatic carbocycles. The van der Waals surface area contributed by atoms with Gasteiger partial charge in [0.15, 0.2) is 0 Å². The van der Waals surface area contributed by atoms with Gasteiger partial charge in [-0.15, -0.1) is 0 Å². The average molecular weight is 415 g/mol. The van der Waals surface area contributed by atoms with E-state index in [0.29, 0.717) is 22.5 Å². The van der Waals surface area contributed by atoms with Crippen molar-refractivity contribution in [3.05, 3.63) is 0 Å². The van der Waals surface area contributed by atoms with E-state index >= 15 is 0 Å². The highest BCUT2D eigenvalue weighted by Gasteiger charge is 2.60. The van der Waals surface area contributed by atoms with Crippen molar-refractivity contribution in [3.8, 4) is 0 Å². The quantitative estimate of drug-likeness (QED) is 0.427. The number of Topliss-reactive ketones (excluding diaryl/α,β-unsaturated/α-hetero) is 1. The molecule has 0 amide bonds. The first-order valence-corrected chi connectivity index (χ1v) is 13.7. The standard InChI is InChI=1S/C29H50O/c1-19(2)23(21(4)30)12-10-20(3)25-14-15-26-24-13-11-22-9-7-8-17-28(22,5)27(24)16-18-29(25,26)6/h19-20,22-27H,7-18H2,1-6H3/t20-,22?,23-,24+,25-,26+,27+,28+,29-/m1/s1. The molecular formula is C29H50O. The van der Waals surface area contributed by atoms with E-state index in [0.717, 1.165) is 41.9 Å². The predicted octanol–water partition coefficient (Wildman–Crippen LogP) is 8.31. The predicted molar refractivity (Wildman–Crippen MR) is 127 cm³/mol. The van der Waals surface area contributed by atoms with Gasteiger partial charge in [0.2, 0.25) is 0 Å². The molecule has 30 heavy (non-hydrogen) atoms. The lowest BCUT2D eigenvalue weighted by atomic mass is 9.44. The summed E-state index contributed by atoms with van der Waals surface area (Å²) in [5.41, 5.74) is 1.24. The van der Waals surface area contributed by atoms with Crippen LogP contribution in [0.3, 0.4) is 0 Å². The molecule has 0 radical (unpaired) electrons. The number of hydrogen-bond acceptors (Lipinski definition) is 1. The van der Waals surface area contributed by atoms with Gasteiger partial charge in [-0.25, -0.2) is 0 Å². The molecule has 0 aromatic heterocycles. The maximum atomic E-state index is 12.1. The molecule has 0 saturated heterocycles. The summed E-state index contributed by atoms with van der Waals surface area (Å²) in [7, 11) is 0. The second kappa shape index (κ2) is 8.55. The third-order valence-electron chi connectivity index (χ3n) is 11.6. The van der Waals surface area contributed by atoms with Gasteiger partial charge in [0.25, 0.3) is 0 Å². The third kappa shape index (κ3) is 3.73. The Bertz CT molecular complexity index is 622. The molecule has 0 heterocycles. The van der Waals surface area contributed by atoms with E-state index in [1.165, 1.54) is 70.6 Å². The second-order valence-corrected chi connectivity index (χ2v) is 13.1. The number of carbonyl (C=O) groups is 1. The molecule has 4 saturated carbocycles. The van der Waals surface area contributed by atoms with Gasteiger partial charge in [0, 0.05) is 5.92 Å². The van der Waals surface area contributed by atoms with Crippen LogP contribution in [0.4, 0.5) is 0 Å². The van der Waals surface area contributed by atoms with E-state index in [-0.39, 0.29) is 5.92 Å². The molecule has 0 aromatic carbocycles. The van der Waals surface area contributed by atoms with Crippen LogP contribution in [0.5, 0.6) is 0 Å². The molecule has 0 aromatic rings. The summed E-state index contributed by atoms with van der Waals surface area (Å²) in [5.74, 6) is 6.89. The number of carbonyl (C=O) groups excluding carboxylic acids is 1. The summed E-state index contributed by atoms with van der Waals surface area (Å²) in [5, 5.41) is 0. The van der Waals surface area contributed by atoms with Crippen molar-refractivity contribution >= 4 is 5.78 Å². The SMILES string of the molecule is CC(=O)[C@H](CC[C@@H](C)[C@H]1CC[C@H]2[C@@H]3CCC4CCCC[C@]4(C)[C@H]3CC[C@]12C)C(C)C. The molecule has 172 valence electrons. The maximum Gasteiger partial charge on any atom is 0.133 e. The van der Waals surface area contributed by atoms with Gasteiger partial charge >= 0.3 is 0 Å². The van der Waals surface area contributed by atoms with E-state index in [1.807, 2.05) is 6.92 Å². The van der Waals surface area contributed by atoms with E-state index in [2.05, 4.69) is 34.6 Å². The highest BCUT2D eigenvalue weighted by atomic mass is 16.1. The van der Waals surface area contributed by atoms with Crippen molar-refractivity contribution in [2.45, 2.75) is 119 Å². The fraction of sp³-hybridized carbons (Fsp3) is 0.966. The summed E-state index contributed by atoms with van der Waals surface area (Å²) in [6.07, 6.45) is 17.4. The van der Waals surface area contributed by atoms with Gasteiger partial charge in [0.05, 0.1) is 0 Å². The molecule has 0 N–H and O–H groups in total. The van der Waals surface area contributed by atoms with E-state index in [4.69, 9.17) is 0 Å². The largest absolute Gasteiger partial charge is 0.300 e. The lowest BCUT2D eigenvalue weighted by Gasteiger charge is -2.61. The van der Waals surface area contributed by atoms with Crippen molar-refractivity contribution in [2.24, 2.45) is 58.2 Å². The highest BCUT2D eigenvalue weighted by Crippen LogP contribution is 2.68. The smallest absolute Gasteiger partial charge is 0.133 e. The zero-order chi connectivity index (χ0) is 21.7. The molecule has 0 spiro atoms. The molecule has 0 bridgehead atoms. The molecule has 9 atom stereocenters. The van der Waals surface area contributed by atoms with Crippen molar-refractivity contribution in [1.29, 1.82) is 0 Å². The third-order valence-corrected chi connectivity index (χ3v) is 11.6. The van der Waals surface area contributed by atoms with Gasteiger partial charge in [-0.2, -0.15) is 0 Å². The minimum Gasteiger partial charge on any atom is -0.300 e. The molecule has 4 rings (SSSR count). The van der Waals surface area contributed by atoms with Gasteiger partial charge in [-0.3, -0.25) is 4.79 Å². The van der Waals surface area contributed by atoms with Crippen LogP contribution in [0.1, 0.15) is 119 Å². The van der Waals surface area contributed by atoms with E-state index in [1.54, 1.807) is 0 Å². The molecule has 1 unspecified atom stereocenters. The van der Waals surface area contributed by atoms with Crippen molar-refractivity contribution < 1.29 is 4.79 Å². The molecule has 4 aliphatic rings. The Kier molecular flexibility index (Phi) is 6.51. The topological polar surface area (TPSA) is 17.1 Å². The molecular weight excluding hydrogens is 364 g/mol. The summed E-state index contributed by atoms with van der Waals surface area (Å²) >= 11 is 0. The fourth-order valence-corrected chi connectivity index (χ4v) is 9.92. The van der Waals surface area contributed by atoms with Gasteiger partial charge in [0.1, 0.15) is 5.78 Å². The summed E-state index contributed by atoms with van der Waals surface area (Å²) in [6.45, 7) is 14.2. The van der Waals surface area contributed by atoms with E-state index < -0.39 is 0 Å². The van der Waals surface area contributed by atoms with Crippen LogP contribution in [0, 0.1) is 58.2 Å². The molecule has 0 aliphatic heterocycles. The Morgan fingerprint density at radius 1 is 0.833 bits per heavy atom. The minimum absolute atomic E-state index is 0.273. The first-order valence-electron chi connectivity index (χ1n) is 13.7. The lowest BCUT2D eigenvalue weighted by Crippen LogP contribution is -2.53. The van der Waals surface area contributed by atoms with Gasteiger partial charge < -0.3 is 0 Å². The van der Waals surface area contributed by atoms with Crippen LogP contribution in [0.15, 0.2) is 0 Å². The Morgan fingerprint density at radius 3 is 2.27 bits per heavy atom. The van der Waals surface area contributed by atoms with Crippen LogP contribution in [0.2, 0.25) is 0 Å². The van der Waals surface area contributed by atoms with E-state index in [9.17, 15) is 4.79 Å². The zero-order valence-electron chi connectivity index (χ0n) is 21.0. The average Bonchev–Trinajstić information content (AvgIpc) is 3.04. The number of fused-ring (bicyclic) bond motifs is 5. The highest BCUT2D eigenvalue weighted by molar-refractivity contribution is 5.78. The normalized spacial score (nSPS) is 45.4. The first-order chi connectivity index (χ1) is 14.2. The summed E-state index contributed by atoms with van der Waals surface area (Å²) in [4.78, 5) is 12.1. The first kappa shape index (κ1) is 22.8. The summed E-state index contributed by atoms with van der Waals surface area (Å²) in [6, 6.07) is 0. The van der Waals surface area contributed by atoms with Crippen LogP contribution in [0.25, 0.3) is 0 Å². The second-order valence-electron chi connectivity index (χ2n) is 13.1. The monoisotopic (exact) mass is 414 g/mol. The Hall–Kier alpha value is -0.330. The minimum atomic E-state index is 0.273. The number of rotatable bonds is 6. The van der Waals surface area contributed by atoms with Crippen molar-refractivity contribution in [2.75, 3.05) is 0 Å². The number of ketones is 1. The maximum absolute atomic E-state index is 12.1. The van der Waals surface area contributed by atoms with Gasteiger partial charge in [-0.1, -0.05) is 47.5 Å². The lowest BCUT2D eigenvalue weighted by molar-refractivity contribution is -0.122. The molecule has 1 nitrogen and oxygen atoms in total. The van der Waals surface area contributed by atoms with Crippen molar-refractivity contribution in [1.82, 2.24) is 0 Å². The van der Waals surface area contributed by atoms with Crippen LogP contribution >= 0.6 is 0 Å². The Labute approximate surface area is 187 Å². The molecule has 4 fully saturated rings. The zero-order valence-corrected chi connectivity index (χ0v) is 21.0. The van der Waals surface area contributed by atoms with Crippen LogP contribution in [-0.4, -0.2) is 5.78 Å². The Balaban J connectivity index is 1.45. The Morgan fingerprint density at radius 2 is 1.57 bits per heavy atom. The fourth-order valence-electron chi connectivity index (χ4n) is 9.92. The van der Waals surface area contributed by atoms with Crippen LogP contribution in [-0.2, 0) is 4.79 Å². The molecule has 1 heteroatoms. The summed E-state index contributed by atoms with van der Waals surface area (Å²) < 4.78 is 0. The number of hydrogen-bond donors (Lipinski definition) is 0. The van der Waals surface area contributed by atoms with Crippen LogP contribution < -0.4 is 0 Å². The van der Waals surface area contributed by atoms with Crippen molar-refractivity contribution in [3.63, 3.8) is 0 Å².